The van der Waals surface area contributed by atoms with Gasteiger partial charge in [0, 0.05) is 30.0 Å². The Morgan fingerprint density at radius 3 is 2.76 bits per heavy atom. The molecule has 0 amide bonds. The summed E-state index contributed by atoms with van der Waals surface area (Å²) in [4.78, 5) is 0. The molecule has 0 bridgehead atoms. The lowest BCUT2D eigenvalue weighted by molar-refractivity contribution is -0.115. The number of hydrogen-bond acceptors (Lipinski definition) is 3. The van der Waals surface area contributed by atoms with Crippen molar-refractivity contribution in [2.24, 2.45) is 11.3 Å². The monoisotopic (exact) mass is 289 g/mol. The van der Waals surface area contributed by atoms with E-state index >= 15 is 0 Å². The van der Waals surface area contributed by atoms with E-state index in [9.17, 15) is 0 Å². The zero-order valence-electron chi connectivity index (χ0n) is 13.6. The first-order valence-corrected chi connectivity index (χ1v) is 8.05. The van der Waals surface area contributed by atoms with Gasteiger partial charge in [-0.05, 0) is 32.4 Å². The first-order valence-electron chi connectivity index (χ1n) is 8.05. The van der Waals surface area contributed by atoms with Crippen LogP contribution in [0.4, 0.5) is 0 Å². The second-order valence-electron chi connectivity index (χ2n) is 7.23. The van der Waals surface area contributed by atoms with Gasteiger partial charge >= 0.3 is 0 Å². The van der Waals surface area contributed by atoms with Gasteiger partial charge in [-0.3, -0.25) is 0 Å². The number of nitrogens with one attached hydrogen (secondary N) is 1. The van der Waals surface area contributed by atoms with Crippen LogP contribution >= 0.6 is 0 Å². The predicted molar refractivity (Wildman–Crippen MR) is 84.7 cm³/mol. The van der Waals surface area contributed by atoms with Crippen molar-refractivity contribution in [3.8, 4) is 5.75 Å². The summed E-state index contributed by atoms with van der Waals surface area (Å²) >= 11 is 0. The predicted octanol–water partition coefficient (Wildman–Crippen LogP) is 3.17. The van der Waals surface area contributed by atoms with Crippen LogP contribution < -0.4 is 10.1 Å². The van der Waals surface area contributed by atoms with Crippen LogP contribution in [-0.4, -0.2) is 31.4 Å². The Morgan fingerprint density at radius 2 is 2.05 bits per heavy atom. The first kappa shape index (κ1) is 14.9. The average molecular weight is 289 g/mol. The normalized spacial score (nSPS) is 31.3. The lowest BCUT2D eigenvalue weighted by atomic mass is 9.57. The molecule has 1 N–H and O–H groups in total. The maximum Gasteiger partial charge on any atom is 0.119 e. The molecule has 2 aliphatic rings. The summed E-state index contributed by atoms with van der Waals surface area (Å²) in [5, 5.41) is 3.75. The van der Waals surface area contributed by atoms with Crippen LogP contribution in [0, 0.1) is 18.3 Å². The van der Waals surface area contributed by atoms with Crippen LogP contribution in [0.3, 0.4) is 0 Å². The molecule has 116 valence electrons. The molecule has 21 heavy (non-hydrogen) atoms. The van der Waals surface area contributed by atoms with E-state index in [2.05, 4.69) is 45.1 Å². The quantitative estimate of drug-likeness (QED) is 0.903. The van der Waals surface area contributed by atoms with Gasteiger partial charge in [-0.25, -0.2) is 0 Å². The van der Waals surface area contributed by atoms with Gasteiger partial charge < -0.3 is 14.8 Å². The van der Waals surface area contributed by atoms with E-state index in [1.807, 2.05) is 12.1 Å². The average Bonchev–Trinajstić information content (AvgIpc) is 2.91. The molecule has 0 aromatic heterocycles. The van der Waals surface area contributed by atoms with Gasteiger partial charge in [0.05, 0.1) is 6.10 Å². The van der Waals surface area contributed by atoms with Gasteiger partial charge in [0.25, 0.3) is 0 Å². The number of rotatable bonds is 5. The minimum absolute atomic E-state index is 0.235. The smallest absolute Gasteiger partial charge is 0.119 e. The summed E-state index contributed by atoms with van der Waals surface area (Å²) in [6.45, 7) is 10.5. The van der Waals surface area contributed by atoms with Gasteiger partial charge in [0.2, 0.25) is 0 Å². The van der Waals surface area contributed by atoms with Gasteiger partial charge in [-0.15, -0.1) is 0 Å². The fourth-order valence-corrected chi connectivity index (χ4v) is 3.87. The summed E-state index contributed by atoms with van der Waals surface area (Å²) in [5.41, 5.74) is 1.50. The molecular weight excluding hydrogens is 262 g/mol. The highest BCUT2D eigenvalue weighted by Crippen LogP contribution is 2.52. The highest BCUT2D eigenvalue weighted by molar-refractivity contribution is 5.26. The van der Waals surface area contributed by atoms with E-state index in [1.54, 1.807) is 0 Å². The van der Waals surface area contributed by atoms with Crippen LogP contribution in [-0.2, 0) is 4.74 Å². The third-order valence-corrected chi connectivity index (χ3v) is 5.09. The highest BCUT2D eigenvalue weighted by Gasteiger charge is 2.59. The number of fused-ring (bicyclic) bond motifs is 1. The largest absolute Gasteiger partial charge is 0.492 e. The van der Waals surface area contributed by atoms with Crippen LogP contribution in [0.25, 0.3) is 0 Å². The molecule has 0 spiro atoms. The molecule has 1 saturated heterocycles. The molecule has 4 atom stereocenters. The fraction of sp³-hybridized carbons (Fsp3) is 0.667. The van der Waals surface area contributed by atoms with E-state index in [0.717, 1.165) is 12.4 Å². The number of aryl methyl sites for hydroxylation is 1. The van der Waals surface area contributed by atoms with Gasteiger partial charge in [-0.1, -0.05) is 31.5 Å². The summed E-state index contributed by atoms with van der Waals surface area (Å²) in [6, 6.07) is 9.14. The first-order chi connectivity index (χ1) is 9.98. The lowest BCUT2D eigenvalue weighted by Crippen LogP contribution is -2.67. The van der Waals surface area contributed by atoms with Crippen molar-refractivity contribution in [2.45, 2.75) is 52.3 Å². The fourth-order valence-electron chi connectivity index (χ4n) is 3.87. The number of benzene rings is 1. The topological polar surface area (TPSA) is 30.5 Å². The van der Waals surface area contributed by atoms with Crippen LogP contribution in [0.15, 0.2) is 24.3 Å². The number of ether oxygens (including phenoxy) is 2. The van der Waals surface area contributed by atoms with Crippen molar-refractivity contribution < 1.29 is 9.47 Å². The second kappa shape index (κ2) is 5.62. The minimum atomic E-state index is 0.235. The van der Waals surface area contributed by atoms with Crippen molar-refractivity contribution in [3.05, 3.63) is 29.8 Å². The van der Waals surface area contributed by atoms with E-state index in [0.29, 0.717) is 30.7 Å². The molecule has 1 aromatic rings. The molecule has 2 fully saturated rings. The molecule has 4 unspecified atom stereocenters. The van der Waals surface area contributed by atoms with E-state index in [1.165, 1.54) is 12.0 Å². The Labute approximate surface area is 128 Å². The third-order valence-electron chi connectivity index (χ3n) is 5.09. The Kier molecular flexibility index (Phi) is 3.98. The summed E-state index contributed by atoms with van der Waals surface area (Å²) in [7, 11) is 0. The number of hydrogen-bond donors (Lipinski definition) is 1. The summed E-state index contributed by atoms with van der Waals surface area (Å²) in [5.74, 6) is 1.63. The second-order valence-corrected chi connectivity index (χ2v) is 7.23. The zero-order valence-corrected chi connectivity index (χ0v) is 13.6. The van der Waals surface area contributed by atoms with Gasteiger partial charge in [-0.2, -0.15) is 0 Å². The maximum atomic E-state index is 5.88. The lowest BCUT2D eigenvalue weighted by Gasteiger charge is -2.55. The molecule has 1 aliphatic heterocycles. The Hall–Kier alpha value is -1.06. The Morgan fingerprint density at radius 1 is 1.33 bits per heavy atom. The van der Waals surface area contributed by atoms with Crippen molar-refractivity contribution in [1.29, 1.82) is 0 Å². The zero-order chi connectivity index (χ0) is 15.0. The minimum Gasteiger partial charge on any atom is -0.492 e. The van der Waals surface area contributed by atoms with Crippen LogP contribution in [0.2, 0.25) is 0 Å². The van der Waals surface area contributed by atoms with Gasteiger partial charge in [0.1, 0.15) is 12.4 Å². The standard InChI is InChI=1S/C18H27NO2/c1-12-5-7-14(8-6-12)21-11-13(2)19-16-15-9-10-20-17(15)18(16,3)4/h5-8,13,15-17,19H,9-11H2,1-4H3. The molecule has 1 aliphatic carbocycles. The Bertz CT molecular complexity index is 482. The van der Waals surface area contributed by atoms with E-state index in [-0.39, 0.29) is 5.41 Å². The molecule has 0 radical (unpaired) electrons. The molecule has 1 heterocycles. The van der Waals surface area contributed by atoms with Crippen molar-refractivity contribution in [3.63, 3.8) is 0 Å². The van der Waals surface area contributed by atoms with E-state index < -0.39 is 0 Å². The molecule has 3 heteroatoms. The van der Waals surface area contributed by atoms with Crippen molar-refractivity contribution in [1.82, 2.24) is 5.32 Å². The van der Waals surface area contributed by atoms with Crippen molar-refractivity contribution >= 4 is 0 Å². The van der Waals surface area contributed by atoms with Crippen LogP contribution in [0.5, 0.6) is 5.75 Å². The van der Waals surface area contributed by atoms with Crippen molar-refractivity contribution in [2.75, 3.05) is 13.2 Å². The maximum absolute atomic E-state index is 5.88. The molecule has 3 nitrogen and oxygen atoms in total. The molecule has 1 saturated carbocycles. The molecule has 1 aromatic carbocycles. The Balaban J connectivity index is 1.50. The third kappa shape index (κ3) is 2.82. The van der Waals surface area contributed by atoms with E-state index in [4.69, 9.17) is 9.47 Å². The molecular formula is C18H27NO2. The SMILES string of the molecule is Cc1ccc(OCC(C)NC2C3CCOC3C2(C)C)cc1. The van der Waals surface area contributed by atoms with Gasteiger partial charge in [0.15, 0.2) is 0 Å². The summed E-state index contributed by atoms with van der Waals surface area (Å²) in [6.07, 6.45) is 1.64. The van der Waals surface area contributed by atoms with Crippen LogP contribution in [0.1, 0.15) is 32.8 Å². The summed E-state index contributed by atoms with van der Waals surface area (Å²) < 4.78 is 11.7. The molecule has 3 rings (SSSR count). The highest BCUT2D eigenvalue weighted by atomic mass is 16.5.